The Balaban J connectivity index is 2.38. The highest BCUT2D eigenvalue weighted by Crippen LogP contribution is 2.26. The Labute approximate surface area is 92.6 Å². The van der Waals surface area contributed by atoms with Gasteiger partial charge in [-0.15, -0.1) is 0 Å². The van der Waals surface area contributed by atoms with E-state index in [-0.39, 0.29) is 5.97 Å². The second-order valence-corrected chi connectivity index (χ2v) is 5.27. The number of methoxy groups -OCH3 is 1. The molecule has 1 aliphatic rings. The Kier molecular flexibility index (Phi) is 4.14. The van der Waals surface area contributed by atoms with Crippen LogP contribution in [0.25, 0.3) is 0 Å². The van der Waals surface area contributed by atoms with Crippen molar-refractivity contribution in [1.82, 2.24) is 5.32 Å². The van der Waals surface area contributed by atoms with Crippen molar-refractivity contribution >= 4 is 5.97 Å². The molecule has 1 fully saturated rings. The third kappa shape index (κ3) is 3.20. The van der Waals surface area contributed by atoms with Gasteiger partial charge in [-0.2, -0.15) is 0 Å². The molecule has 0 aromatic heterocycles. The van der Waals surface area contributed by atoms with Crippen molar-refractivity contribution < 1.29 is 9.53 Å². The molecular weight excluding hydrogens is 190 g/mol. The van der Waals surface area contributed by atoms with E-state index in [9.17, 15) is 4.79 Å². The molecule has 1 saturated carbocycles. The van der Waals surface area contributed by atoms with Crippen LogP contribution in [0.1, 0.15) is 40.0 Å². The van der Waals surface area contributed by atoms with Gasteiger partial charge < -0.3 is 10.1 Å². The van der Waals surface area contributed by atoms with Crippen LogP contribution in [0, 0.1) is 11.3 Å². The largest absolute Gasteiger partial charge is 0.469 e. The fourth-order valence-electron chi connectivity index (χ4n) is 2.18. The van der Waals surface area contributed by atoms with Gasteiger partial charge in [-0.05, 0) is 32.6 Å². The molecule has 15 heavy (non-hydrogen) atoms. The van der Waals surface area contributed by atoms with Crippen LogP contribution in [-0.4, -0.2) is 25.7 Å². The lowest BCUT2D eigenvalue weighted by Crippen LogP contribution is -2.42. The highest BCUT2D eigenvalue weighted by Gasteiger charge is 2.31. The molecule has 3 heteroatoms. The van der Waals surface area contributed by atoms with Crippen LogP contribution in [0.5, 0.6) is 0 Å². The highest BCUT2D eigenvalue weighted by atomic mass is 16.5. The standard InChI is InChI=1S/C12H23NO2/c1-9-6-5-7-10(9)13-8-12(2,3)11(14)15-4/h9-10,13H,5-8H2,1-4H3. The predicted octanol–water partition coefficient (Wildman–Crippen LogP) is 1.96. The Morgan fingerprint density at radius 2 is 2.13 bits per heavy atom. The Morgan fingerprint density at radius 1 is 1.47 bits per heavy atom. The Hall–Kier alpha value is -0.570. The van der Waals surface area contributed by atoms with Gasteiger partial charge >= 0.3 is 5.97 Å². The Morgan fingerprint density at radius 3 is 2.60 bits per heavy atom. The van der Waals surface area contributed by atoms with Crippen LogP contribution in [0.2, 0.25) is 0 Å². The number of rotatable bonds is 4. The summed E-state index contributed by atoms with van der Waals surface area (Å²) in [5, 5.41) is 3.49. The van der Waals surface area contributed by atoms with Gasteiger partial charge in [-0.3, -0.25) is 4.79 Å². The number of carbonyl (C=O) groups excluding carboxylic acids is 1. The number of hydrogen-bond acceptors (Lipinski definition) is 3. The second-order valence-electron chi connectivity index (χ2n) is 5.27. The molecule has 2 atom stereocenters. The van der Waals surface area contributed by atoms with Gasteiger partial charge in [0.2, 0.25) is 0 Å². The van der Waals surface area contributed by atoms with Gasteiger partial charge in [0.15, 0.2) is 0 Å². The fraction of sp³-hybridized carbons (Fsp3) is 0.917. The van der Waals surface area contributed by atoms with Gasteiger partial charge in [0.05, 0.1) is 12.5 Å². The minimum atomic E-state index is -0.420. The molecule has 88 valence electrons. The van der Waals surface area contributed by atoms with E-state index in [0.29, 0.717) is 12.6 Å². The molecule has 0 spiro atoms. The zero-order chi connectivity index (χ0) is 11.5. The lowest BCUT2D eigenvalue weighted by Gasteiger charge is -2.26. The zero-order valence-corrected chi connectivity index (χ0v) is 10.3. The van der Waals surface area contributed by atoms with E-state index in [2.05, 4.69) is 12.2 Å². The molecule has 0 aromatic carbocycles. The molecule has 0 heterocycles. The van der Waals surface area contributed by atoms with E-state index < -0.39 is 5.41 Å². The molecule has 0 aliphatic heterocycles. The van der Waals surface area contributed by atoms with Gasteiger partial charge in [-0.1, -0.05) is 13.3 Å². The molecule has 0 saturated heterocycles. The van der Waals surface area contributed by atoms with Crippen molar-refractivity contribution in [3.05, 3.63) is 0 Å². The zero-order valence-electron chi connectivity index (χ0n) is 10.3. The number of hydrogen-bond donors (Lipinski definition) is 1. The molecule has 2 unspecified atom stereocenters. The van der Waals surface area contributed by atoms with Crippen LogP contribution in [0.4, 0.5) is 0 Å². The molecule has 3 nitrogen and oxygen atoms in total. The summed E-state index contributed by atoms with van der Waals surface area (Å²) in [4.78, 5) is 11.5. The lowest BCUT2D eigenvalue weighted by molar-refractivity contribution is -0.150. The maximum atomic E-state index is 11.5. The molecular formula is C12H23NO2. The third-order valence-corrected chi connectivity index (χ3v) is 3.41. The van der Waals surface area contributed by atoms with Crippen molar-refractivity contribution in [2.45, 2.75) is 46.1 Å². The van der Waals surface area contributed by atoms with E-state index >= 15 is 0 Å². The molecule has 1 rings (SSSR count). The van der Waals surface area contributed by atoms with Crippen molar-refractivity contribution in [1.29, 1.82) is 0 Å². The van der Waals surface area contributed by atoms with Gasteiger partial charge in [0.1, 0.15) is 0 Å². The molecule has 0 aromatic rings. The maximum Gasteiger partial charge on any atom is 0.312 e. The summed E-state index contributed by atoms with van der Waals surface area (Å²) in [7, 11) is 1.45. The van der Waals surface area contributed by atoms with E-state index in [1.54, 1.807) is 0 Å². The van der Waals surface area contributed by atoms with Gasteiger partial charge in [0, 0.05) is 12.6 Å². The first-order valence-electron chi connectivity index (χ1n) is 5.79. The third-order valence-electron chi connectivity index (χ3n) is 3.41. The summed E-state index contributed by atoms with van der Waals surface area (Å²) in [6.45, 7) is 6.82. The van der Waals surface area contributed by atoms with Crippen LogP contribution >= 0.6 is 0 Å². The van der Waals surface area contributed by atoms with Crippen molar-refractivity contribution in [2.24, 2.45) is 11.3 Å². The molecule has 0 radical (unpaired) electrons. The van der Waals surface area contributed by atoms with Crippen LogP contribution in [0.15, 0.2) is 0 Å². The summed E-state index contributed by atoms with van der Waals surface area (Å²) in [6, 6.07) is 0.578. The maximum absolute atomic E-state index is 11.5. The first-order chi connectivity index (χ1) is 6.97. The average Bonchev–Trinajstić information content (AvgIpc) is 2.60. The van der Waals surface area contributed by atoms with E-state index in [4.69, 9.17) is 4.74 Å². The average molecular weight is 213 g/mol. The van der Waals surface area contributed by atoms with Crippen molar-refractivity contribution in [2.75, 3.05) is 13.7 Å². The quantitative estimate of drug-likeness (QED) is 0.726. The smallest absolute Gasteiger partial charge is 0.312 e. The topological polar surface area (TPSA) is 38.3 Å². The van der Waals surface area contributed by atoms with Gasteiger partial charge in [0.25, 0.3) is 0 Å². The van der Waals surface area contributed by atoms with Crippen molar-refractivity contribution in [3.8, 4) is 0 Å². The monoisotopic (exact) mass is 213 g/mol. The predicted molar refractivity (Wildman–Crippen MR) is 60.6 cm³/mol. The van der Waals surface area contributed by atoms with Crippen molar-refractivity contribution in [3.63, 3.8) is 0 Å². The molecule has 1 aliphatic carbocycles. The molecule has 1 N–H and O–H groups in total. The van der Waals surface area contributed by atoms with E-state index in [1.165, 1.54) is 26.4 Å². The first kappa shape index (κ1) is 12.5. The van der Waals surface area contributed by atoms with Crippen LogP contribution in [0.3, 0.4) is 0 Å². The summed E-state index contributed by atoms with van der Waals surface area (Å²) in [6.07, 6.45) is 3.84. The minimum absolute atomic E-state index is 0.138. The fourth-order valence-corrected chi connectivity index (χ4v) is 2.18. The molecule has 0 bridgehead atoms. The Bertz CT molecular complexity index is 226. The molecule has 0 amide bonds. The van der Waals surface area contributed by atoms with E-state index in [0.717, 1.165) is 5.92 Å². The number of esters is 1. The summed E-state index contributed by atoms with van der Waals surface area (Å²) >= 11 is 0. The highest BCUT2D eigenvalue weighted by molar-refractivity contribution is 5.76. The van der Waals surface area contributed by atoms with Gasteiger partial charge in [-0.25, -0.2) is 0 Å². The van der Waals surface area contributed by atoms with E-state index in [1.807, 2.05) is 13.8 Å². The number of carbonyl (C=O) groups is 1. The van der Waals surface area contributed by atoms with Crippen LogP contribution in [-0.2, 0) is 9.53 Å². The normalized spacial score (nSPS) is 26.7. The van der Waals surface area contributed by atoms with Crippen LogP contribution < -0.4 is 5.32 Å². The number of ether oxygens (including phenoxy) is 1. The SMILES string of the molecule is COC(=O)C(C)(C)CNC1CCCC1C. The summed E-state index contributed by atoms with van der Waals surface area (Å²) in [5.74, 6) is 0.596. The summed E-state index contributed by atoms with van der Waals surface area (Å²) < 4.78 is 4.78. The number of nitrogens with one attached hydrogen (secondary N) is 1. The minimum Gasteiger partial charge on any atom is -0.469 e. The first-order valence-corrected chi connectivity index (χ1v) is 5.79. The second kappa shape index (κ2) is 4.97. The lowest BCUT2D eigenvalue weighted by atomic mass is 9.92. The summed E-state index contributed by atoms with van der Waals surface area (Å²) in [5.41, 5.74) is -0.420.